The molecule has 4 atom stereocenters. The van der Waals surface area contributed by atoms with E-state index in [9.17, 15) is 9.59 Å². The van der Waals surface area contributed by atoms with E-state index in [-0.39, 0.29) is 23.9 Å². The zero-order valence-corrected chi connectivity index (χ0v) is 8.99. The lowest BCUT2D eigenvalue weighted by molar-refractivity contribution is -0.122. The molecule has 4 heteroatoms. The van der Waals surface area contributed by atoms with Gasteiger partial charge in [0, 0.05) is 13.8 Å². The van der Waals surface area contributed by atoms with Crippen LogP contribution in [0.15, 0.2) is 12.2 Å². The van der Waals surface area contributed by atoms with Gasteiger partial charge in [-0.25, -0.2) is 0 Å². The van der Waals surface area contributed by atoms with E-state index in [4.69, 9.17) is 0 Å². The molecular formula is C11H16N2O2. The van der Waals surface area contributed by atoms with Crippen LogP contribution in [0.5, 0.6) is 0 Å². The van der Waals surface area contributed by atoms with E-state index in [1.54, 1.807) is 0 Å². The number of fused-ring (bicyclic) bond motifs is 2. The molecule has 1 fully saturated rings. The Balaban J connectivity index is 2.09. The van der Waals surface area contributed by atoms with Crippen molar-refractivity contribution in [1.82, 2.24) is 10.6 Å². The van der Waals surface area contributed by atoms with Gasteiger partial charge in [-0.2, -0.15) is 0 Å². The lowest BCUT2D eigenvalue weighted by Gasteiger charge is -2.28. The largest absolute Gasteiger partial charge is 0.351 e. The van der Waals surface area contributed by atoms with Gasteiger partial charge in [0.1, 0.15) is 0 Å². The molecule has 0 aromatic carbocycles. The molecule has 0 aliphatic heterocycles. The van der Waals surface area contributed by atoms with Crippen LogP contribution >= 0.6 is 0 Å². The zero-order valence-electron chi connectivity index (χ0n) is 8.99. The Morgan fingerprint density at radius 3 is 1.73 bits per heavy atom. The Kier molecular flexibility index (Phi) is 2.50. The fraction of sp³-hybridized carbons (Fsp3) is 0.636. The van der Waals surface area contributed by atoms with Gasteiger partial charge >= 0.3 is 0 Å². The first-order valence-electron chi connectivity index (χ1n) is 5.30. The molecule has 2 bridgehead atoms. The number of amides is 2. The fourth-order valence-corrected chi connectivity index (χ4v) is 2.69. The monoisotopic (exact) mass is 208 g/mol. The highest BCUT2D eigenvalue weighted by atomic mass is 16.2. The first kappa shape index (κ1) is 10.2. The highest BCUT2D eigenvalue weighted by Gasteiger charge is 2.45. The second-order valence-corrected chi connectivity index (χ2v) is 4.40. The van der Waals surface area contributed by atoms with Crippen LogP contribution in [0.25, 0.3) is 0 Å². The van der Waals surface area contributed by atoms with Crippen molar-refractivity contribution in [2.45, 2.75) is 32.4 Å². The average Bonchev–Trinajstić information content (AvgIpc) is 2.67. The summed E-state index contributed by atoms with van der Waals surface area (Å²) < 4.78 is 0. The van der Waals surface area contributed by atoms with Crippen molar-refractivity contribution in [3.8, 4) is 0 Å². The molecule has 1 saturated carbocycles. The molecule has 2 N–H and O–H groups in total. The zero-order chi connectivity index (χ0) is 11.0. The maximum atomic E-state index is 11.1. The first-order chi connectivity index (χ1) is 7.08. The summed E-state index contributed by atoms with van der Waals surface area (Å²) in [4.78, 5) is 22.1. The molecule has 4 nitrogen and oxygen atoms in total. The van der Waals surface area contributed by atoms with E-state index < -0.39 is 0 Å². The summed E-state index contributed by atoms with van der Waals surface area (Å²) in [6.07, 6.45) is 5.32. The summed E-state index contributed by atoms with van der Waals surface area (Å²) in [5.74, 6) is 0.708. The van der Waals surface area contributed by atoms with Crippen molar-refractivity contribution in [1.29, 1.82) is 0 Å². The van der Waals surface area contributed by atoms with Gasteiger partial charge in [-0.3, -0.25) is 9.59 Å². The maximum absolute atomic E-state index is 11.1. The first-order valence-corrected chi connectivity index (χ1v) is 5.30. The Bertz CT molecular complexity index is 295. The predicted molar refractivity (Wildman–Crippen MR) is 55.9 cm³/mol. The Hall–Kier alpha value is -1.32. The molecule has 0 radical (unpaired) electrons. The van der Waals surface area contributed by atoms with Crippen molar-refractivity contribution in [2.75, 3.05) is 0 Å². The molecule has 15 heavy (non-hydrogen) atoms. The number of hydrogen-bond acceptors (Lipinski definition) is 2. The van der Waals surface area contributed by atoms with Crippen LogP contribution in [0, 0.1) is 11.8 Å². The predicted octanol–water partition coefficient (Wildman–Crippen LogP) is 0.202. The van der Waals surface area contributed by atoms with Crippen LogP contribution in [-0.4, -0.2) is 23.9 Å². The van der Waals surface area contributed by atoms with Gasteiger partial charge in [-0.1, -0.05) is 12.2 Å². The molecule has 2 amide bonds. The standard InChI is InChI=1S/C11H16N2O2/c1-6(14)12-10-8-3-4-9(5-8)11(10)13-7(2)15/h3-4,8-11H,5H2,1-2H3,(H,12,14)(H,13,15). The molecule has 2 aliphatic rings. The van der Waals surface area contributed by atoms with Gasteiger partial charge in [0.15, 0.2) is 0 Å². The highest BCUT2D eigenvalue weighted by Crippen LogP contribution is 2.39. The number of nitrogens with one attached hydrogen (secondary N) is 2. The Morgan fingerprint density at radius 2 is 1.40 bits per heavy atom. The summed E-state index contributed by atoms with van der Waals surface area (Å²) in [5, 5.41) is 5.85. The Labute approximate surface area is 89.1 Å². The highest BCUT2D eigenvalue weighted by molar-refractivity contribution is 5.75. The minimum Gasteiger partial charge on any atom is -0.351 e. The van der Waals surface area contributed by atoms with Gasteiger partial charge in [0.25, 0.3) is 0 Å². The van der Waals surface area contributed by atoms with Crippen LogP contribution < -0.4 is 10.6 Å². The van der Waals surface area contributed by atoms with E-state index in [0.717, 1.165) is 6.42 Å². The third-order valence-corrected chi connectivity index (χ3v) is 3.20. The second-order valence-electron chi connectivity index (χ2n) is 4.40. The van der Waals surface area contributed by atoms with Crippen LogP contribution in [-0.2, 0) is 9.59 Å². The second kappa shape index (κ2) is 3.68. The molecule has 2 aliphatic carbocycles. The van der Waals surface area contributed by atoms with Gasteiger partial charge in [0.2, 0.25) is 11.8 Å². The van der Waals surface area contributed by atoms with Gasteiger partial charge in [0.05, 0.1) is 12.1 Å². The third-order valence-electron chi connectivity index (χ3n) is 3.20. The quantitative estimate of drug-likeness (QED) is 0.637. The number of carbonyl (C=O) groups is 2. The van der Waals surface area contributed by atoms with E-state index in [1.165, 1.54) is 13.8 Å². The van der Waals surface area contributed by atoms with Crippen molar-refractivity contribution >= 4 is 11.8 Å². The van der Waals surface area contributed by atoms with Gasteiger partial charge in [-0.05, 0) is 18.3 Å². The molecule has 0 aromatic heterocycles. The molecule has 0 heterocycles. The van der Waals surface area contributed by atoms with Crippen molar-refractivity contribution in [3.63, 3.8) is 0 Å². The van der Waals surface area contributed by atoms with Gasteiger partial charge < -0.3 is 10.6 Å². The lowest BCUT2D eigenvalue weighted by Crippen LogP contribution is -2.52. The van der Waals surface area contributed by atoms with Crippen LogP contribution in [0.3, 0.4) is 0 Å². The SMILES string of the molecule is CC(=O)NC1C2C=CC(C2)C1NC(C)=O. The molecule has 0 saturated heterocycles. The molecule has 82 valence electrons. The maximum Gasteiger partial charge on any atom is 0.217 e. The third kappa shape index (κ3) is 1.89. The summed E-state index contributed by atoms with van der Waals surface area (Å²) in [6, 6.07) is 0.141. The van der Waals surface area contributed by atoms with Crippen molar-refractivity contribution in [3.05, 3.63) is 12.2 Å². The summed E-state index contributed by atoms with van der Waals surface area (Å²) >= 11 is 0. The van der Waals surface area contributed by atoms with Crippen LogP contribution in [0.1, 0.15) is 20.3 Å². The van der Waals surface area contributed by atoms with Crippen LogP contribution in [0.2, 0.25) is 0 Å². The molecule has 0 spiro atoms. The average molecular weight is 208 g/mol. The minimum atomic E-state index is -0.0312. The Morgan fingerprint density at radius 1 is 1.00 bits per heavy atom. The molecule has 2 rings (SSSR count). The summed E-state index contributed by atoms with van der Waals surface area (Å²) in [6.45, 7) is 3.03. The van der Waals surface area contributed by atoms with Crippen LogP contribution in [0.4, 0.5) is 0 Å². The molecule has 4 unspecified atom stereocenters. The van der Waals surface area contributed by atoms with Crippen molar-refractivity contribution in [2.24, 2.45) is 11.8 Å². The van der Waals surface area contributed by atoms with Gasteiger partial charge in [-0.15, -0.1) is 0 Å². The lowest BCUT2D eigenvalue weighted by atomic mass is 9.96. The molecular weight excluding hydrogens is 192 g/mol. The van der Waals surface area contributed by atoms with E-state index in [1.807, 2.05) is 0 Å². The summed E-state index contributed by atoms with van der Waals surface area (Å²) in [7, 11) is 0. The van der Waals surface area contributed by atoms with E-state index in [0.29, 0.717) is 11.8 Å². The molecule has 0 aromatic rings. The number of hydrogen-bond donors (Lipinski definition) is 2. The number of rotatable bonds is 2. The number of carbonyl (C=O) groups excluding carboxylic acids is 2. The normalized spacial score (nSPS) is 36.7. The fourth-order valence-electron chi connectivity index (χ4n) is 2.69. The summed E-state index contributed by atoms with van der Waals surface area (Å²) in [5.41, 5.74) is 0. The van der Waals surface area contributed by atoms with E-state index in [2.05, 4.69) is 22.8 Å². The minimum absolute atomic E-state index is 0.0312. The van der Waals surface area contributed by atoms with E-state index >= 15 is 0 Å². The topological polar surface area (TPSA) is 58.2 Å². The smallest absolute Gasteiger partial charge is 0.217 e. The van der Waals surface area contributed by atoms with Crippen molar-refractivity contribution < 1.29 is 9.59 Å².